The van der Waals surface area contributed by atoms with Gasteiger partial charge in [-0.3, -0.25) is 0 Å². The largest absolute Gasteiger partial charge is 0.330 e. The smallest absolute Gasteiger partial charge is 0.294 e. The Balaban J connectivity index is 1.63. The third-order valence-corrected chi connectivity index (χ3v) is 7.59. The van der Waals surface area contributed by atoms with Crippen LogP contribution in [0, 0.1) is 37.0 Å². The van der Waals surface area contributed by atoms with Crippen LogP contribution >= 0.6 is 0 Å². The van der Waals surface area contributed by atoms with E-state index in [-0.39, 0.29) is 22.7 Å². The number of hydrogen-bond acceptors (Lipinski definition) is 7. The molecule has 2 saturated carbocycles. The van der Waals surface area contributed by atoms with Crippen LogP contribution in [0.15, 0.2) is 42.0 Å². The number of allylic oxidation sites excluding steroid dienone is 2. The van der Waals surface area contributed by atoms with E-state index < -0.39 is 22.9 Å². The lowest BCUT2D eigenvalue weighted by Crippen LogP contribution is -2.45. The van der Waals surface area contributed by atoms with E-state index >= 15 is 0 Å². The number of fused-ring (bicyclic) bond motifs is 1. The highest BCUT2D eigenvalue weighted by atomic mass is 17.0. The van der Waals surface area contributed by atoms with E-state index in [1.165, 1.54) is 11.1 Å². The number of benzene rings is 1. The molecule has 3 aliphatic carbocycles. The monoisotopic (exact) mass is 431 g/mol. The van der Waals surface area contributed by atoms with Crippen LogP contribution in [0.4, 0.5) is 0 Å². The van der Waals surface area contributed by atoms with Gasteiger partial charge >= 0.3 is 0 Å². The lowest BCUT2D eigenvalue weighted by molar-refractivity contribution is -0.790. The Hall–Kier alpha value is -2.68. The van der Waals surface area contributed by atoms with E-state index in [9.17, 15) is 20.2 Å². The topological polar surface area (TPSA) is 131 Å². The number of nitrogens with two attached hydrogens (primary N) is 1. The average molecular weight is 431 g/mol. The van der Waals surface area contributed by atoms with Crippen molar-refractivity contribution >= 4 is 0 Å². The Morgan fingerprint density at radius 3 is 2.58 bits per heavy atom. The molecule has 1 aromatic carbocycles. The summed E-state index contributed by atoms with van der Waals surface area (Å²) in [7, 11) is 0. The highest BCUT2D eigenvalue weighted by Gasteiger charge is 2.64. The molecule has 1 aromatic rings. The zero-order valence-electron chi connectivity index (χ0n) is 17.7. The van der Waals surface area contributed by atoms with Crippen molar-refractivity contribution in [2.75, 3.05) is 13.2 Å². The van der Waals surface area contributed by atoms with Gasteiger partial charge in [0, 0.05) is 5.41 Å². The maximum atomic E-state index is 11.0. The SMILES string of the molecule is CC1(CC(CO[N+](=O)[O-])O[N+](=O)[O-])C=C2CC3(c4ccccc4)CC(CCN)(CC23)C1. The first-order valence-corrected chi connectivity index (χ1v) is 10.8. The molecule has 9 nitrogen and oxygen atoms in total. The van der Waals surface area contributed by atoms with E-state index in [0.717, 1.165) is 32.1 Å². The summed E-state index contributed by atoms with van der Waals surface area (Å²) in [6.07, 6.45) is 6.34. The van der Waals surface area contributed by atoms with Crippen molar-refractivity contribution in [2.24, 2.45) is 22.5 Å². The third-order valence-electron chi connectivity index (χ3n) is 7.59. The molecule has 0 aliphatic heterocycles. The number of rotatable bonds is 10. The van der Waals surface area contributed by atoms with Crippen molar-refractivity contribution in [1.82, 2.24) is 0 Å². The van der Waals surface area contributed by atoms with Gasteiger partial charge in [-0.1, -0.05) is 48.9 Å². The van der Waals surface area contributed by atoms with Crippen molar-refractivity contribution in [2.45, 2.75) is 57.0 Å². The number of nitrogens with zero attached hydrogens (tertiary/aromatic N) is 2. The fourth-order valence-electron chi connectivity index (χ4n) is 6.97. The zero-order chi connectivity index (χ0) is 22.3. The molecule has 0 spiro atoms. The van der Waals surface area contributed by atoms with Gasteiger partial charge in [-0.2, -0.15) is 0 Å². The molecule has 0 radical (unpaired) electrons. The van der Waals surface area contributed by atoms with Gasteiger partial charge < -0.3 is 15.4 Å². The van der Waals surface area contributed by atoms with E-state index in [1.807, 2.05) is 6.07 Å². The first-order chi connectivity index (χ1) is 14.7. The molecule has 0 heterocycles. The van der Waals surface area contributed by atoms with E-state index in [4.69, 9.17) is 10.6 Å². The quantitative estimate of drug-likeness (QED) is 0.340. The van der Waals surface area contributed by atoms with Crippen LogP contribution in [0.5, 0.6) is 0 Å². The molecule has 2 bridgehead atoms. The summed E-state index contributed by atoms with van der Waals surface area (Å²) >= 11 is 0. The minimum Gasteiger partial charge on any atom is -0.330 e. The Kier molecular flexibility index (Phi) is 5.41. The van der Waals surface area contributed by atoms with Gasteiger partial charge in [0.1, 0.15) is 12.7 Å². The summed E-state index contributed by atoms with van der Waals surface area (Å²) in [5.41, 5.74) is 8.60. The normalized spacial score (nSPS) is 34.1. The lowest BCUT2D eigenvalue weighted by Gasteiger charge is -2.51. The second kappa shape index (κ2) is 7.78. The third kappa shape index (κ3) is 3.98. The molecule has 4 rings (SSSR count). The van der Waals surface area contributed by atoms with Gasteiger partial charge in [-0.05, 0) is 67.4 Å². The Morgan fingerprint density at radius 1 is 1.19 bits per heavy atom. The summed E-state index contributed by atoms with van der Waals surface area (Å²) in [6, 6.07) is 10.7. The fraction of sp³-hybridized carbons (Fsp3) is 0.636. The minimum atomic E-state index is -1.01. The average Bonchev–Trinajstić information content (AvgIpc) is 2.88. The Morgan fingerprint density at radius 2 is 1.94 bits per heavy atom. The van der Waals surface area contributed by atoms with E-state index in [0.29, 0.717) is 12.5 Å². The van der Waals surface area contributed by atoms with Crippen molar-refractivity contribution in [1.29, 1.82) is 0 Å². The van der Waals surface area contributed by atoms with Gasteiger partial charge in [-0.25, -0.2) is 0 Å². The lowest BCUT2D eigenvalue weighted by atomic mass is 9.53. The maximum Gasteiger partial charge on any atom is 0.294 e. The van der Waals surface area contributed by atoms with Crippen molar-refractivity contribution < 1.29 is 19.8 Å². The van der Waals surface area contributed by atoms with E-state index in [2.05, 4.69) is 42.1 Å². The summed E-state index contributed by atoms with van der Waals surface area (Å²) in [5, 5.41) is 19.7. The van der Waals surface area contributed by atoms with Crippen molar-refractivity contribution in [3.8, 4) is 0 Å². The maximum absolute atomic E-state index is 11.0. The molecule has 5 unspecified atom stereocenters. The van der Waals surface area contributed by atoms with Crippen molar-refractivity contribution in [3.05, 3.63) is 67.8 Å². The molecule has 3 aliphatic rings. The Labute approximate surface area is 180 Å². The van der Waals surface area contributed by atoms with Crippen LogP contribution in [0.25, 0.3) is 0 Å². The standard InChI is InChI=1S/C22H29N3O6/c1-20(11-18(31-25(28)29)13-30-24(26)27)9-16-10-22(17-5-3-2-4-6-17)15-21(14-20,7-8-23)12-19(16)22/h2-6,9,18-19H,7-8,10-15,23H2,1H3. The van der Waals surface area contributed by atoms with Gasteiger partial charge in [-0.15, -0.1) is 20.2 Å². The second-order valence-electron chi connectivity index (χ2n) is 9.90. The predicted octanol–water partition coefficient (Wildman–Crippen LogP) is 3.59. The highest BCUT2D eigenvalue weighted by molar-refractivity contribution is 5.45. The summed E-state index contributed by atoms with van der Waals surface area (Å²) in [5.74, 6) is 0.452. The van der Waals surface area contributed by atoms with Crippen LogP contribution in [-0.2, 0) is 15.1 Å². The molecule has 31 heavy (non-hydrogen) atoms. The Bertz CT molecular complexity index is 892. The van der Waals surface area contributed by atoms with Crippen LogP contribution in [0.2, 0.25) is 0 Å². The molecule has 2 N–H and O–H groups in total. The molecule has 0 saturated heterocycles. The minimum absolute atomic E-state index is 0.0296. The van der Waals surface area contributed by atoms with Crippen LogP contribution in [0.1, 0.15) is 51.0 Å². The molecule has 0 amide bonds. The van der Waals surface area contributed by atoms with Crippen LogP contribution in [0.3, 0.4) is 0 Å². The first-order valence-electron chi connectivity index (χ1n) is 10.8. The highest BCUT2D eigenvalue weighted by Crippen LogP contribution is 2.72. The van der Waals surface area contributed by atoms with Gasteiger partial charge in [0.15, 0.2) is 0 Å². The summed E-state index contributed by atoms with van der Waals surface area (Å²) < 4.78 is 0. The number of hydrogen-bond donors (Lipinski definition) is 1. The molecule has 168 valence electrons. The molecular formula is C22H29N3O6. The molecule has 5 atom stereocenters. The summed E-state index contributed by atoms with van der Waals surface area (Å²) in [6.45, 7) is 2.19. The van der Waals surface area contributed by atoms with Crippen LogP contribution < -0.4 is 5.73 Å². The molecule has 2 fully saturated rings. The molecule has 9 heteroatoms. The van der Waals surface area contributed by atoms with Crippen LogP contribution in [-0.4, -0.2) is 29.4 Å². The fourth-order valence-corrected chi connectivity index (χ4v) is 6.97. The zero-order valence-corrected chi connectivity index (χ0v) is 17.7. The molecule has 0 aromatic heterocycles. The predicted molar refractivity (Wildman–Crippen MR) is 112 cm³/mol. The summed E-state index contributed by atoms with van der Waals surface area (Å²) in [4.78, 5) is 30.8. The first kappa shape index (κ1) is 21.5. The second-order valence-corrected chi connectivity index (χ2v) is 9.90. The van der Waals surface area contributed by atoms with Gasteiger partial charge in [0.25, 0.3) is 10.2 Å². The van der Waals surface area contributed by atoms with Gasteiger partial charge in [0.05, 0.1) is 0 Å². The van der Waals surface area contributed by atoms with E-state index in [1.54, 1.807) is 0 Å². The van der Waals surface area contributed by atoms with Crippen molar-refractivity contribution in [3.63, 3.8) is 0 Å². The van der Waals surface area contributed by atoms with Gasteiger partial charge in [0.2, 0.25) is 0 Å². The molecular weight excluding hydrogens is 402 g/mol.